The molecule has 3 aromatic rings. The molecule has 0 saturated heterocycles. The number of hydrogen-bond acceptors (Lipinski definition) is 3. The Labute approximate surface area is 152 Å². The minimum atomic E-state index is 0.0130. The Morgan fingerprint density at radius 3 is 2.73 bits per heavy atom. The molecule has 1 amide bonds. The Kier molecular flexibility index (Phi) is 4.29. The summed E-state index contributed by atoms with van der Waals surface area (Å²) in [5, 5.41) is 4.31. The van der Waals surface area contributed by atoms with Gasteiger partial charge >= 0.3 is 0 Å². The highest BCUT2D eigenvalue weighted by atomic mass is 16.5. The van der Waals surface area contributed by atoms with Gasteiger partial charge in [0.1, 0.15) is 6.54 Å². The van der Waals surface area contributed by atoms with E-state index in [1.54, 1.807) is 14.2 Å². The summed E-state index contributed by atoms with van der Waals surface area (Å²) in [6.07, 6.45) is 3.78. The molecule has 4 rings (SSSR count). The fraction of sp³-hybridized carbons (Fsp3) is 0.286. The molecular weight excluding hydrogens is 328 g/mol. The topological polar surface area (TPSA) is 52.5 Å². The van der Waals surface area contributed by atoms with Gasteiger partial charge in [-0.15, -0.1) is 0 Å². The number of para-hydroxylation sites is 1. The van der Waals surface area contributed by atoms with Gasteiger partial charge in [0.15, 0.2) is 11.5 Å². The van der Waals surface area contributed by atoms with Crippen LogP contribution in [-0.4, -0.2) is 24.7 Å². The van der Waals surface area contributed by atoms with Crippen LogP contribution in [0, 0.1) is 0 Å². The zero-order valence-electron chi connectivity index (χ0n) is 15.0. The van der Waals surface area contributed by atoms with Gasteiger partial charge in [-0.1, -0.05) is 18.2 Å². The summed E-state index contributed by atoms with van der Waals surface area (Å²) in [6.45, 7) is 0.312. The second-order valence-electron chi connectivity index (χ2n) is 6.57. The number of carbonyl (C=O) groups is 1. The van der Waals surface area contributed by atoms with Gasteiger partial charge < -0.3 is 19.4 Å². The fourth-order valence-electron chi connectivity index (χ4n) is 3.76. The maximum atomic E-state index is 12.6. The molecule has 2 aromatic carbocycles. The van der Waals surface area contributed by atoms with E-state index < -0.39 is 0 Å². The lowest BCUT2D eigenvalue weighted by Crippen LogP contribution is -2.30. The molecule has 1 N–H and O–H groups in total. The lowest BCUT2D eigenvalue weighted by Gasteiger charge is -2.17. The Morgan fingerprint density at radius 2 is 1.92 bits per heavy atom. The minimum Gasteiger partial charge on any atom is -0.493 e. The van der Waals surface area contributed by atoms with E-state index in [0.717, 1.165) is 35.1 Å². The number of nitrogens with one attached hydrogen (secondary N) is 1. The van der Waals surface area contributed by atoms with E-state index in [2.05, 4.69) is 11.4 Å². The predicted octanol–water partition coefficient (Wildman–Crippen LogP) is 3.46. The molecule has 1 aliphatic carbocycles. The molecular formula is C21H22N2O3. The first kappa shape index (κ1) is 16.5. The van der Waals surface area contributed by atoms with Crippen LogP contribution in [-0.2, 0) is 17.8 Å². The van der Waals surface area contributed by atoms with Crippen LogP contribution in [0.5, 0.6) is 11.5 Å². The van der Waals surface area contributed by atoms with Crippen LogP contribution in [0.25, 0.3) is 10.9 Å². The maximum absolute atomic E-state index is 12.6. The Hall–Kier alpha value is -2.95. The number of fused-ring (bicyclic) bond motifs is 2. The molecule has 0 bridgehead atoms. The molecule has 0 aliphatic heterocycles. The van der Waals surface area contributed by atoms with Crippen molar-refractivity contribution >= 4 is 16.8 Å². The highest BCUT2D eigenvalue weighted by molar-refractivity contribution is 5.83. The Morgan fingerprint density at radius 1 is 1.15 bits per heavy atom. The molecule has 0 fully saturated rings. The summed E-state index contributed by atoms with van der Waals surface area (Å²) < 4.78 is 12.8. The largest absolute Gasteiger partial charge is 0.493 e. The second kappa shape index (κ2) is 6.75. The molecule has 1 aromatic heterocycles. The number of nitrogens with zero attached hydrogens (tertiary/aromatic N) is 1. The van der Waals surface area contributed by atoms with Crippen LogP contribution in [0.2, 0.25) is 0 Å². The first-order chi connectivity index (χ1) is 12.7. The van der Waals surface area contributed by atoms with Crippen molar-refractivity contribution in [3.8, 4) is 11.5 Å². The van der Waals surface area contributed by atoms with Crippen molar-refractivity contribution in [2.75, 3.05) is 14.2 Å². The molecule has 1 unspecified atom stereocenters. The number of methoxy groups -OCH3 is 2. The maximum Gasteiger partial charge on any atom is 0.240 e. The Bertz CT molecular complexity index is 961. The van der Waals surface area contributed by atoms with E-state index in [1.807, 2.05) is 47.2 Å². The van der Waals surface area contributed by atoms with Gasteiger partial charge in [0, 0.05) is 11.7 Å². The zero-order chi connectivity index (χ0) is 18.1. The van der Waals surface area contributed by atoms with E-state index >= 15 is 0 Å². The number of amides is 1. The average Bonchev–Trinajstić information content (AvgIpc) is 3.25. The highest BCUT2D eigenvalue weighted by Crippen LogP contribution is 2.39. The lowest BCUT2D eigenvalue weighted by atomic mass is 10.1. The van der Waals surface area contributed by atoms with Crippen LogP contribution in [0.4, 0.5) is 0 Å². The van der Waals surface area contributed by atoms with E-state index in [1.165, 1.54) is 5.56 Å². The third-order valence-corrected chi connectivity index (χ3v) is 5.05. The normalized spacial score (nSPS) is 15.7. The first-order valence-corrected chi connectivity index (χ1v) is 8.77. The van der Waals surface area contributed by atoms with E-state index in [0.29, 0.717) is 12.3 Å². The first-order valence-electron chi connectivity index (χ1n) is 8.77. The summed E-state index contributed by atoms with van der Waals surface area (Å²) in [6, 6.07) is 14.1. The molecule has 1 atom stereocenters. The van der Waals surface area contributed by atoms with Crippen LogP contribution in [0.3, 0.4) is 0 Å². The van der Waals surface area contributed by atoms with Crippen molar-refractivity contribution in [1.82, 2.24) is 9.88 Å². The van der Waals surface area contributed by atoms with Crippen molar-refractivity contribution < 1.29 is 14.3 Å². The monoisotopic (exact) mass is 350 g/mol. The van der Waals surface area contributed by atoms with Crippen LogP contribution in [0.15, 0.2) is 48.7 Å². The summed E-state index contributed by atoms with van der Waals surface area (Å²) in [7, 11) is 3.27. The van der Waals surface area contributed by atoms with Crippen molar-refractivity contribution in [2.45, 2.75) is 25.4 Å². The van der Waals surface area contributed by atoms with Gasteiger partial charge in [-0.3, -0.25) is 4.79 Å². The summed E-state index contributed by atoms with van der Waals surface area (Å²) in [4.78, 5) is 12.6. The third-order valence-electron chi connectivity index (χ3n) is 5.05. The minimum absolute atomic E-state index is 0.0130. The number of aromatic nitrogens is 1. The van der Waals surface area contributed by atoms with E-state index in [9.17, 15) is 4.79 Å². The number of carbonyl (C=O) groups excluding carboxylic acids is 1. The fourth-order valence-corrected chi connectivity index (χ4v) is 3.76. The van der Waals surface area contributed by atoms with Crippen LogP contribution >= 0.6 is 0 Å². The number of ether oxygens (including phenoxy) is 2. The molecule has 134 valence electrons. The molecule has 0 saturated carbocycles. The number of aryl methyl sites for hydroxylation is 1. The molecule has 5 heteroatoms. The van der Waals surface area contributed by atoms with Crippen molar-refractivity contribution in [3.63, 3.8) is 0 Å². The lowest BCUT2D eigenvalue weighted by molar-refractivity contribution is -0.122. The van der Waals surface area contributed by atoms with Crippen molar-refractivity contribution in [1.29, 1.82) is 0 Å². The molecule has 0 spiro atoms. The van der Waals surface area contributed by atoms with Gasteiger partial charge in [-0.2, -0.15) is 0 Å². The van der Waals surface area contributed by atoms with E-state index in [-0.39, 0.29) is 11.9 Å². The third kappa shape index (κ3) is 2.90. The van der Waals surface area contributed by atoms with Gasteiger partial charge in [0.05, 0.1) is 20.3 Å². The van der Waals surface area contributed by atoms with Gasteiger partial charge in [-0.25, -0.2) is 0 Å². The molecule has 5 nitrogen and oxygen atoms in total. The number of hydrogen-bond donors (Lipinski definition) is 1. The van der Waals surface area contributed by atoms with Gasteiger partial charge in [0.25, 0.3) is 0 Å². The zero-order valence-corrected chi connectivity index (χ0v) is 15.0. The van der Waals surface area contributed by atoms with Crippen LogP contribution in [0.1, 0.15) is 23.6 Å². The Balaban J connectivity index is 1.51. The summed E-state index contributed by atoms with van der Waals surface area (Å²) in [5.74, 6) is 1.44. The van der Waals surface area contributed by atoms with Crippen molar-refractivity contribution in [3.05, 3.63) is 59.8 Å². The second-order valence-corrected chi connectivity index (χ2v) is 6.57. The van der Waals surface area contributed by atoms with Gasteiger partial charge in [-0.05, 0) is 53.6 Å². The quantitative estimate of drug-likeness (QED) is 0.767. The SMILES string of the molecule is COc1cc2c(cc1OC)C(NC(=O)Cn1ccc3ccccc31)CC2. The summed E-state index contributed by atoms with van der Waals surface area (Å²) >= 11 is 0. The van der Waals surface area contributed by atoms with E-state index in [4.69, 9.17) is 9.47 Å². The summed E-state index contributed by atoms with van der Waals surface area (Å²) in [5.41, 5.74) is 3.40. The van der Waals surface area contributed by atoms with Gasteiger partial charge in [0.2, 0.25) is 5.91 Å². The predicted molar refractivity (Wildman–Crippen MR) is 101 cm³/mol. The molecule has 1 aliphatic rings. The number of benzene rings is 2. The van der Waals surface area contributed by atoms with Crippen molar-refractivity contribution in [2.24, 2.45) is 0 Å². The molecule has 0 radical (unpaired) electrons. The smallest absolute Gasteiger partial charge is 0.240 e. The van der Waals surface area contributed by atoms with Crippen LogP contribution < -0.4 is 14.8 Å². The number of rotatable bonds is 5. The average molecular weight is 350 g/mol. The molecule has 26 heavy (non-hydrogen) atoms. The highest BCUT2D eigenvalue weighted by Gasteiger charge is 2.26. The standard InChI is InChI=1S/C21H22N2O3/c1-25-19-11-15-7-8-17(16(15)12-20(19)26-2)22-21(24)13-23-10-9-14-5-3-4-6-18(14)23/h3-6,9-12,17H,7-8,13H2,1-2H3,(H,22,24). The molecule has 1 heterocycles.